The van der Waals surface area contributed by atoms with Gasteiger partial charge in [0.15, 0.2) is 0 Å². The molecule has 1 rings (SSSR count). The summed E-state index contributed by atoms with van der Waals surface area (Å²) in [4.78, 5) is 13.9. The lowest BCUT2D eigenvalue weighted by Crippen LogP contribution is -2.02. The van der Waals surface area contributed by atoms with Gasteiger partial charge in [-0.15, -0.1) is 0 Å². The molecule has 0 heterocycles. The van der Waals surface area contributed by atoms with Gasteiger partial charge in [-0.05, 0) is 32.2 Å². The molecule has 0 aromatic heterocycles. The van der Waals surface area contributed by atoms with Crippen LogP contribution in [0.25, 0.3) is 0 Å². The van der Waals surface area contributed by atoms with Crippen molar-refractivity contribution < 1.29 is 9.53 Å². The first-order chi connectivity index (χ1) is 6.13. The topological polar surface area (TPSA) is 38.7 Å². The highest BCUT2D eigenvalue weighted by Gasteiger charge is 2.03. The molecular formula is C10H11NO2. The number of carbonyl (C=O) groups is 1. The standard InChI is InChI=1S/C10H11NO2/c1-7-4-5-9(8(2)6-7)13-10(12)11-3/h4-6H,3H2,1-2H3. The first-order valence-electron chi connectivity index (χ1n) is 3.89. The summed E-state index contributed by atoms with van der Waals surface area (Å²) in [6.07, 6.45) is -0.674. The number of amides is 1. The second kappa shape index (κ2) is 3.85. The molecule has 0 saturated carbocycles. The third-order valence-electron chi connectivity index (χ3n) is 1.66. The summed E-state index contributed by atoms with van der Waals surface area (Å²) in [5.41, 5.74) is 2.04. The van der Waals surface area contributed by atoms with Crippen LogP contribution in [0.4, 0.5) is 4.79 Å². The lowest BCUT2D eigenvalue weighted by Gasteiger charge is -2.04. The van der Waals surface area contributed by atoms with Gasteiger partial charge in [-0.3, -0.25) is 0 Å². The van der Waals surface area contributed by atoms with Gasteiger partial charge in [0.1, 0.15) is 5.75 Å². The van der Waals surface area contributed by atoms with Crippen molar-refractivity contribution in [3.63, 3.8) is 0 Å². The lowest BCUT2D eigenvalue weighted by molar-refractivity contribution is 0.211. The molecule has 13 heavy (non-hydrogen) atoms. The van der Waals surface area contributed by atoms with Crippen LogP contribution in [0.3, 0.4) is 0 Å². The van der Waals surface area contributed by atoms with Crippen LogP contribution >= 0.6 is 0 Å². The van der Waals surface area contributed by atoms with Crippen molar-refractivity contribution in [1.82, 2.24) is 0 Å². The van der Waals surface area contributed by atoms with Gasteiger partial charge in [0.05, 0.1) is 0 Å². The summed E-state index contributed by atoms with van der Waals surface area (Å²) in [5.74, 6) is 0.531. The largest absolute Gasteiger partial charge is 0.438 e. The summed E-state index contributed by atoms with van der Waals surface area (Å²) in [5, 5.41) is 0. The molecule has 3 nitrogen and oxygen atoms in total. The Balaban J connectivity index is 2.89. The minimum Gasteiger partial charge on any atom is -0.408 e. The molecule has 0 atom stereocenters. The van der Waals surface area contributed by atoms with E-state index < -0.39 is 6.09 Å². The minimum absolute atomic E-state index is 0.531. The number of rotatable bonds is 1. The van der Waals surface area contributed by atoms with Gasteiger partial charge in [-0.2, -0.15) is 4.99 Å². The summed E-state index contributed by atoms with van der Waals surface area (Å²) >= 11 is 0. The van der Waals surface area contributed by atoms with Gasteiger partial charge in [0, 0.05) is 0 Å². The molecule has 3 heteroatoms. The molecular weight excluding hydrogens is 166 g/mol. The zero-order valence-electron chi connectivity index (χ0n) is 7.70. The van der Waals surface area contributed by atoms with Gasteiger partial charge >= 0.3 is 6.09 Å². The summed E-state index contributed by atoms with van der Waals surface area (Å²) in [7, 11) is 0. The predicted octanol–water partition coefficient (Wildman–Crippen LogP) is 2.50. The highest BCUT2D eigenvalue weighted by molar-refractivity contribution is 5.75. The number of hydrogen-bond acceptors (Lipinski definition) is 2. The van der Waals surface area contributed by atoms with E-state index in [4.69, 9.17) is 4.74 Å². The van der Waals surface area contributed by atoms with Crippen LogP contribution in [0, 0.1) is 13.8 Å². The normalized spacial score (nSPS) is 9.38. The van der Waals surface area contributed by atoms with Gasteiger partial charge in [0.2, 0.25) is 0 Å². The maximum absolute atomic E-state index is 10.8. The summed E-state index contributed by atoms with van der Waals surface area (Å²) < 4.78 is 4.88. The summed E-state index contributed by atoms with van der Waals surface area (Å²) in [6, 6.07) is 5.55. The fraction of sp³-hybridized carbons (Fsp3) is 0.200. The Kier molecular flexibility index (Phi) is 2.80. The first-order valence-corrected chi connectivity index (χ1v) is 3.89. The highest BCUT2D eigenvalue weighted by atomic mass is 16.5. The molecule has 1 aromatic carbocycles. The number of ether oxygens (including phenoxy) is 1. The van der Waals surface area contributed by atoms with Crippen molar-refractivity contribution in [1.29, 1.82) is 0 Å². The molecule has 0 aliphatic carbocycles. The molecule has 0 bridgehead atoms. The van der Waals surface area contributed by atoms with Crippen molar-refractivity contribution in [2.24, 2.45) is 4.99 Å². The number of aryl methyl sites for hydroxylation is 2. The van der Waals surface area contributed by atoms with Crippen LogP contribution in [0.15, 0.2) is 23.2 Å². The van der Waals surface area contributed by atoms with Crippen LogP contribution in [-0.2, 0) is 0 Å². The Morgan fingerprint density at radius 2 is 2.15 bits per heavy atom. The maximum atomic E-state index is 10.8. The van der Waals surface area contributed by atoms with Crippen LogP contribution in [0.2, 0.25) is 0 Å². The van der Waals surface area contributed by atoms with E-state index in [1.807, 2.05) is 26.0 Å². The van der Waals surface area contributed by atoms with Gasteiger partial charge in [-0.1, -0.05) is 17.7 Å². The third kappa shape index (κ3) is 2.40. The molecule has 0 N–H and O–H groups in total. The molecule has 0 spiro atoms. The van der Waals surface area contributed by atoms with Crippen LogP contribution in [-0.4, -0.2) is 12.8 Å². The number of aliphatic imine (C=N–C) groups is 1. The molecule has 1 amide bonds. The van der Waals surface area contributed by atoms with Crippen molar-refractivity contribution in [3.8, 4) is 5.75 Å². The average Bonchev–Trinajstić information content (AvgIpc) is 2.09. The number of benzene rings is 1. The zero-order chi connectivity index (χ0) is 9.84. The Hall–Kier alpha value is -1.64. The van der Waals surface area contributed by atoms with Crippen molar-refractivity contribution in [3.05, 3.63) is 29.3 Å². The SMILES string of the molecule is C=NC(=O)Oc1ccc(C)cc1C. The lowest BCUT2D eigenvalue weighted by atomic mass is 10.1. The number of nitrogens with zero attached hydrogens (tertiary/aromatic N) is 1. The zero-order valence-corrected chi connectivity index (χ0v) is 7.70. The Labute approximate surface area is 77.1 Å². The van der Waals surface area contributed by atoms with E-state index in [1.165, 1.54) is 0 Å². The third-order valence-corrected chi connectivity index (χ3v) is 1.66. The van der Waals surface area contributed by atoms with E-state index in [9.17, 15) is 4.79 Å². The second-order valence-corrected chi connectivity index (χ2v) is 2.80. The van der Waals surface area contributed by atoms with E-state index in [1.54, 1.807) is 6.07 Å². The highest BCUT2D eigenvalue weighted by Crippen LogP contribution is 2.18. The smallest absolute Gasteiger partial charge is 0.408 e. The van der Waals surface area contributed by atoms with Crippen molar-refractivity contribution in [2.75, 3.05) is 0 Å². The van der Waals surface area contributed by atoms with E-state index in [2.05, 4.69) is 11.7 Å². The van der Waals surface area contributed by atoms with E-state index in [0.29, 0.717) is 5.75 Å². The van der Waals surface area contributed by atoms with Gasteiger partial charge in [0.25, 0.3) is 0 Å². The Bertz CT molecular complexity index is 345. The quantitative estimate of drug-likeness (QED) is 0.618. The predicted molar refractivity (Wildman–Crippen MR) is 51.5 cm³/mol. The molecule has 0 aliphatic heterocycles. The number of carbonyl (C=O) groups excluding carboxylic acids is 1. The fourth-order valence-corrected chi connectivity index (χ4v) is 1.04. The van der Waals surface area contributed by atoms with Crippen LogP contribution < -0.4 is 4.74 Å². The van der Waals surface area contributed by atoms with E-state index in [0.717, 1.165) is 11.1 Å². The molecule has 1 aromatic rings. The van der Waals surface area contributed by atoms with Crippen LogP contribution in [0.5, 0.6) is 5.75 Å². The summed E-state index contributed by atoms with van der Waals surface area (Å²) in [6.45, 7) is 6.93. The first kappa shape index (κ1) is 9.45. The maximum Gasteiger partial charge on any atom is 0.438 e. The minimum atomic E-state index is -0.674. The molecule has 0 unspecified atom stereocenters. The molecule has 0 saturated heterocycles. The average molecular weight is 177 g/mol. The fourth-order valence-electron chi connectivity index (χ4n) is 1.04. The molecule has 68 valence electrons. The monoisotopic (exact) mass is 177 g/mol. The molecule has 0 fully saturated rings. The Morgan fingerprint density at radius 3 is 2.69 bits per heavy atom. The van der Waals surface area contributed by atoms with Crippen molar-refractivity contribution in [2.45, 2.75) is 13.8 Å². The van der Waals surface area contributed by atoms with E-state index in [-0.39, 0.29) is 0 Å². The molecule has 0 aliphatic rings. The number of hydrogen-bond donors (Lipinski definition) is 0. The Morgan fingerprint density at radius 1 is 1.46 bits per heavy atom. The second-order valence-electron chi connectivity index (χ2n) is 2.80. The van der Waals surface area contributed by atoms with E-state index >= 15 is 0 Å². The van der Waals surface area contributed by atoms with Crippen molar-refractivity contribution >= 4 is 12.8 Å². The molecule has 0 radical (unpaired) electrons. The van der Waals surface area contributed by atoms with Crippen LogP contribution in [0.1, 0.15) is 11.1 Å². The van der Waals surface area contributed by atoms with Gasteiger partial charge < -0.3 is 4.74 Å². The van der Waals surface area contributed by atoms with Gasteiger partial charge in [-0.25, -0.2) is 4.79 Å².